The lowest BCUT2D eigenvalue weighted by Crippen LogP contribution is -2.45. The number of nitrogens with one attached hydrogen (secondary N) is 2. The Hall–Kier alpha value is -1.63. The van der Waals surface area contributed by atoms with Gasteiger partial charge in [0.15, 0.2) is 0 Å². The molecular formula is C13H17ClN2O4. The zero-order chi connectivity index (χ0) is 13.7. The van der Waals surface area contributed by atoms with Gasteiger partial charge in [-0.05, 0) is 24.3 Å². The summed E-state index contributed by atoms with van der Waals surface area (Å²) in [7, 11) is 1.32. The molecule has 1 aliphatic rings. The van der Waals surface area contributed by atoms with E-state index >= 15 is 0 Å². The van der Waals surface area contributed by atoms with Gasteiger partial charge < -0.3 is 20.1 Å². The van der Waals surface area contributed by atoms with E-state index in [9.17, 15) is 9.59 Å². The highest BCUT2D eigenvalue weighted by atomic mass is 35.5. The molecule has 1 heterocycles. The Bertz CT molecular complexity index is 458. The SMILES string of the molecule is COC(=O)c1ccc(NC(=O)C2CNCCO2)cc1.Cl. The number of hydrogen-bond acceptors (Lipinski definition) is 5. The number of halogens is 1. The second-order valence-electron chi connectivity index (χ2n) is 4.12. The second-order valence-corrected chi connectivity index (χ2v) is 4.12. The highest BCUT2D eigenvalue weighted by molar-refractivity contribution is 5.95. The lowest BCUT2D eigenvalue weighted by molar-refractivity contribution is -0.128. The molecular weight excluding hydrogens is 284 g/mol. The topological polar surface area (TPSA) is 76.7 Å². The maximum Gasteiger partial charge on any atom is 0.337 e. The molecule has 0 aromatic heterocycles. The van der Waals surface area contributed by atoms with Crippen LogP contribution in [0.1, 0.15) is 10.4 Å². The standard InChI is InChI=1S/C13H16N2O4.ClH/c1-18-13(17)9-2-4-10(5-3-9)15-12(16)11-8-14-6-7-19-11;/h2-5,11,14H,6-8H2,1H3,(H,15,16);1H. The number of carbonyl (C=O) groups is 2. The van der Waals surface area contributed by atoms with Gasteiger partial charge in [-0.2, -0.15) is 0 Å². The summed E-state index contributed by atoms with van der Waals surface area (Å²) in [6.07, 6.45) is -0.478. The summed E-state index contributed by atoms with van der Waals surface area (Å²) in [6.45, 7) is 1.79. The average Bonchev–Trinajstić information content (AvgIpc) is 2.48. The van der Waals surface area contributed by atoms with E-state index < -0.39 is 12.1 Å². The van der Waals surface area contributed by atoms with Crippen LogP contribution >= 0.6 is 12.4 Å². The molecule has 2 N–H and O–H groups in total. The van der Waals surface area contributed by atoms with Crippen LogP contribution in [0.15, 0.2) is 24.3 Å². The molecule has 0 aliphatic carbocycles. The third-order valence-corrected chi connectivity index (χ3v) is 2.79. The molecule has 1 aromatic carbocycles. The minimum Gasteiger partial charge on any atom is -0.465 e. The molecule has 1 amide bonds. The van der Waals surface area contributed by atoms with Crippen LogP contribution in [0.4, 0.5) is 5.69 Å². The van der Waals surface area contributed by atoms with Crippen LogP contribution in [0.5, 0.6) is 0 Å². The third-order valence-electron chi connectivity index (χ3n) is 2.79. The minimum atomic E-state index is -0.478. The van der Waals surface area contributed by atoms with E-state index in [0.29, 0.717) is 24.4 Å². The van der Waals surface area contributed by atoms with Crippen LogP contribution in [0.2, 0.25) is 0 Å². The third kappa shape index (κ3) is 4.19. The van der Waals surface area contributed by atoms with Gasteiger partial charge in [0.25, 0.3) is 5.91 Å². The van der Waals surface area contributed by atoms with Crippen LogP contribution < -0.4 is 10.6 Å². The van der Waals surface area contributed by atoms with Gasteiger partial charge in [0, 0.05) is 18.8 Å². The molecule has 0 saturated carbocycles. The number of ether oxygens (including phenoxy) is 2. The number of methoxy groups -OCH3 is 1. The first kappa shape index (κ1) is 16.4. The molecule has 1 unspecified atom stereocenters. The van der Waals surface area contributed by atoms with Crippen molar-refractivity contribution in [1.29, 1.82) is 0 Å². The minimum absolute atomic E-state index is 0. The first-order valence-electron chi connectivity index (χ1n) is 6.02. The molecule has 1 aromatic rings. The summed E-state index contributed by atoms with van der Waals surface area (Å²) in [5, 5.41) is 5.83. The summed E-state index contributed by atoms with van der Waals surface area (Å²) in [4.78, 5) is 23.1. The lowest BCUT2D eigenvalue weighted by Gasteiger charge is -2.22. The predicted octanol–water partition coefficient (Wildman–Crippen LogP) is 0.822. The van der Waals surface area contributed by atoms with Crippen molar-refractivity contribution in [3.05, 3.63) is 29.8 Å². The highest BCUT2D eigenvalue weighted by Crippen LogP contribution is 2.11. The van der Waals surface area contributed by atoms with Gasteiger partial charge in [-0.3, -0.25) is 4.79 Å². The molecule has 2 rings (SSSR count). The first-order valence-corrected chi connectivity index (χ1v) is 6.02. The van der Waals surface area contributed by atoms with Crippen molar-refractivity contribution >= 4 is 30.0 Å². The summed E-state index contributed by atoms with van der Waals surface area (Å²) in [6, 6.07) is 6.50. The number of morpholine rings is 1. The van der Waals surface area contributed by atoms with Crippen LogP contribution in [0.3, 0.4) is 0 Å². The number of amides is 1. The maximum absolute atomic E-state index is 11.9. The van der Waals surface area contributed by atoms with E-state index in [1.165, 1.54) is 7.11 Å². The van der Waals surface area contributed by atoms with E-state index in [2.05, 4.69) is 15.4 Å². The molecule has 1 saturated heterocycles. The maximum atomic E-state index is 11.9. The van der Waals surface area contributed by atoms with Crippen LogP contribution in [0, 0.1) is 0 Å². The molecule has 6 nitrogen and oxygen atoms in total. The van der Waals surface area contributed by atoms with Crippen molar-refractivity contribution in [1.82, 2.24) is 5.32 Å². The van der Waals surface area contributed by atoms with E-state index in [-0.39, 0.29) is 18.3 Å². The Kier molecular flexibility index (Phi) is 6.44. The molecule has 0 radical (unpaired) electrons. The number of anilines is 1. The molecule has 1 fully saturated rings. The highest BCUT2D eigenvalue weighted by Gasteiger charge is 2.21. The smallest absolute Gasteiger partial charge is 0.337 e. The fraction of sp³-hybridized carbons (Fsp3) is 0.385. The Labute approximate surface area is 123 Å². The summed E-state index contributed by atoms with van der Waals surface area (Å²) in [5.74, 6) is -0.601. The molecule has 110 valence electrons. The van der Waals surface area contributed by atoms with Crippen molar-refractivity contribution in [2.75, 3.05) is 32.1 Å². The number of hydrogen-bond donors (Lipinski definition) is 2. The van der Waals surface area contributed by atoms with Crippen molar-refractivity contribution in [3.63, 3.8) is 0 Å². The van der Waals surface area contributed by atoms with Crippen molar-refractivity contribution in [2.24, 2.45) is 0 Å². The predicted molar refractivity (Wildman–Crippen MR) is 76.3 cm³/mol. The summed E-state index contributed by atoms with van der Waals surface area (Å²) in [5.41, 5.74) is 1.06. The van der Waals surface area contributed by atoms with Gasteiger partial charge in [-0.1, -0.05) is 0 Å². The van der Waals surface area contributed by atoms with Crippen molar-refractivity contribution in [2.45, 2.75) is 6.10 Å². The number of rotatable bonds is 3. The van der Waals surface area contributed by atoms with Crippen molar-refractivity contribution < 1.29 is 19.1 Å². The fourth-order valence-corrected chi connectivity index (χ4v) is 1.76. The fourth-order valence-electron chi connectivity index (χ4n) is 1.76. The Morgan fingerprint density at radius 2 is 2.05 bits per heavy atom. The molecule has 7 heteroatoms. The Morgan fingerprint density at radius 3 is 2.60 bits per heavy atom. The van der Waals surface area contributed by atoms with Gasteiger partial charge in [0.05, 0.1) is 19.3 Å². The monoisotopic (exact) mass is 300 g/mol. The van der Waals surface area contributed by atoms with Crippen LogP contribution in [-0.4, -0.2) is 44.8 Å². The van der Waals surface area contributed by atoms with Crippen LogP contribution in [0.25, 0.3) is 0 Å². The summed E-state index contributed by atoms with van der Waals surface area (Å²) < 4.78 is 9.94. The zero-order valence-electron chi connectivity index (χ0n) is 11.0. The Morgan fingerprint density at radius 1 is 1.35 bits per heavy atom. The van der Waals surface area contributed by atoms with E-state index in [4.69, 9.17) is 4.74 Å². The number of benzene rings is 1. The number of esters is 1. The molecule has 1 aliphatic heterocycles. The lowest BCUT2D eigenvalue weighted by atomic mass is 10.2. The van der Waals surface area contributed by atoms with Gasteiger partial charge in [-0.25, -0.2) is 4.79 Å². The molecule has 0 bridgehead atoms. The van der Waals surface area contributed by atoms with E-state index in [0.717, 1.165) is 6.54 Å². The molecule has 0 spiro atoms. The van der Waals surface area contributed by atoms with E-state index in [1.807, 2.05) is 0 Å². The quantitative estimate of drug-likeness (QED) is 0.808. The van der Waals surface area contributed by atoms with Gasteiger partial charge >= 0.3 is 5.97 Å². The van der Waals surface area contributed by atoms with Gasteiger partial charge in [0.1, 0.15) is 6.10 Å². The first-order chi connectivity index (χ1) is 9.20. The van der Waals surface area contributed by atoms with E-state index in [1.54, 1.807) is 24.3 Å². The molecule has 20 heavy (non-hydrogen) atoms. The van der Waals surface area contributed by atoms with Gasteiger partial charge in [-0.15, -0.1) is 12.4 Å². The van der Waals surface area contributed by atoms with Crippen molar-refractivity contribution in [3.8, 4) is 0 Å². The normalized spacial score (nSPS) is 17.8. The summed E-state index contributed by atoms with van der Waals surface area (Å²) >= 11 is 0. The Balaban J connectivity index is 0.00000200. The second kappa shape index (κ2) is 7.84. The molecule has 1 atom stereocenters. The van der Waals surface area contributed by atoms with Gasteiger partial charge in [0.2, 0.25) is 0 Å². The van der Waals surface area contributed by atoms with Crippen LogP contribution in [-0.2, 0) is 14.3 Å². The number of carbonyl (C=O) groups excluding carboxylic acids is 2. The largest absolute Gasteiger partial charge is 0.465 e. The average molecular weight is 301 g/mol. The zero-order valence-corrected chi connectivity index (χ0v) is 11.9.